The normalized spacial score (nSPS) is 21.0. The Balaban J connectivity index is 1.45. The molecule has 1 aliphatic carbocycles. The molecule has 0 saturated heterocycles. The Bertz CT molecular complexity index is 1320. The Morgan fingerprint density at radius 2 is 1.80 bits per heavy atom. The number of alkyl halides is 3. The summed E-state index contributed by atoms with van der Waals surface area (Å²) in [5.74, 6) is 2.29. The largest absolute Gasteiger partial charge is 0.416 e. The summed E-state index contributed by atoms with van der Waals surface area (Å²) in [5.41, 5.74) is 1.72. The molecule has 2 aliphatic heterocycles. The number of guanidine groups is 1. The van der Waals surface area contributed by atoms with Gasteiger partial charge in [-0.05, 0) is 49.1 Å². The molecule has 3 heterocycles. The third-order valence-electron chi connectivity index (χ3n) is 6.90. The number of rotatable bonds is 4. The van der Waals surface area contributed by atoms with E-state index >= 15 is 0 Å². The van der Waals surface area contributed by atoms with Crippen LogP contribution in [0.1, 0.15) is 36.0 Å². The van der Waals surface area contributed by atoms with Crippen molar-refractivity contribution in [3.8, 4) is 0 Å². The van der Waals surface area contributed by atoms with Gasteiger partial charge in [-0.25, -0.2) is 9.67 Å². The van der Waals surface area contributed by atoms with E-state index in [-0.39, 0.29) is 12.1 Å². The van der Waals surface area contributed by atoms with Crippen molar-refractivity contribution in [3.05, 3.63) is 71.3 Å². The van der Waals surface area contributed by atoms with Crippen LogP contribution in [0.15, 0.2) is 59.6 Å². The number of thiocarbonyl (C=S) groups is 1. The van der Waals surface area contributed by atoms with Crippen molar-refractivity contribution in [1.29, 1.82) is 0 Å². The predicted molar refractivity (Wildman–Crippen MR) is 133 cm³/mol. The lowest BCUT2D eigenvalue weighted by Gasteiger charge is -2.35. The van der Waals surface area contributed by atoms with Gasteiger partial charge in [0.25, 0.3) is 0 Å². The lowest BCUT2D eigenvalue weighted by atomic mass is 10.1. The molecule has 6 rings (SSSR count). The van der Waals surface area contributed by atoms with E-state index in [2.05, 4.69) is 10.2 Å². The van der Waals surface area contributed by atoms with Gasteiger partial charge in [0, 0.05) is 12.7 Å². The molecule has 1 fully saturated rings. The van der Waals surface area contributed by atoms with Gasteiger partial charge in [0.2, 0.25) is 5.96 Å². The smallest absolute Gasteiger partial charge is 0.340 e. The zero-order valence-electron chi connectivity index (χ0n) is 19.0. The molecule has 6 nitrogen and oxygen atoms in total. The van der Waals surface area contributed by atoms with Crippen molar-refractivity contribution in [3.63, 3.8) is 0 Å². The average Bonchev–Trinajstić information content (AvgIpc) is 3.52. The molecule has 0 radical (unpaired) electrons. The van der Waals surface area contributed by atoms with E-state index in [9.17, 15) is 13.2 Å². The van der Waals surface area contributed by atoms with Gasteiger partial charge < -0.3 is 10.2 Å². The number of nitrogens with zero attached hydrogens (tertiary/aromatic N) is 5. The third-order valence-corrected chi connectivity index (χ3v) is 7.38. The second-order valence-electron chi connectivity index (χ2n) is 9.12. The van der Waals surface area contributed by atoms with E-state index in [1.54, 1.807) is 4.68 Å². The van der Waals surface area contributed by atoms with Gasteiger partial charge in [0.05, 0.1) is 29.8 Å². The number of halogens is 3. The van der Waals surface area contributed by atoms with Gasteiger partial charge in [0.15, 0.2) is 5.82 Å². The number of aliphatic imine (C=N–C) groups is 1. The van der Waals surface area contributed by atoms with Crippen LogP contribution < -0.4 is 10.2 Å². The highest BCUT2D eigenvalue weighted by atomic mass is 32.1. The summed E-state index contributed by atoms with van der Waals surface area (Å²) in [6.45, 7) is 0.293. The Morgan fingerprint density at radius 1 is 1.06 bits per heavy atom. The van der Waals surface area contributed by atoms with E-state index in [4.69, 9.17) is 22.3 Å². The van der Waals surface area contributed by atoms with Gasteiger partial charge in [-0.1, -0.05) is 42.5 Å². The van der Waals surface area contributed by atoms with Crippen molar-refractivity contribution < 1.29 is 13.2 Å². The summed E-state index contributed by atoms with van der Waals surface area (Å²) in [5, 5.41) is 8.43. The molecule has 3 aromatic rings. The monoisotopic (exact) mass is 496 g/mol. The minimum atomic E-state index is -4.37. The number of anilines is 3. The maximum absolute atomic E-state index is 13.1. The Morgan fingerprint density at radius 3 is 2.51 bits per heavy atom. The lowest BCUT2D eigenvalue weighted by molar-refractivity contribution is -0.137. The standard InChI is InChI=1S/C25H23F3N6S/c1-32-23(35)20-21(29-17-6-3-2-4-7-17)33(14-15-10-12-16(13-11-15)25(26,27)28)31-22(20)34-19-9-5-8-18(19)30-24(32)34/h2-4,6-7,10-13,18-19,29H,5,8-9,14H2,1H3/t18-,19+/m0/s1. The highest BCUT2D eigenvalue weighted by Crippen LogP contribution is 2.43. The maximum atomic E-state index is 13.1. The van der Waals surface area contributed by atoms with Crippen molar-refractivity contribution >= 4 is 40.5 Å². The van der Waals surface area contributed by atoms with Gasteiger partial charge in [-0.15, -0.1) is 0 Å². The summed E-state index contributed by atoms with van der Waals surface area (Å²) >= 11 is 5.88. The molecule has 0 spiro atoms. The van der Waals surface area contributed by atoms with E-state index in [1.165, 1.54) is 12.1 Å². The van der Waals surface area contributed by atoms with Gasteiger partial charge in [-0.2, -0.15) is 18.3 Å². The minimum absolute atomic E-state index is 0.229. The van der Waals surface area contributed by atoms with Crippen LogP contribution >= 0.6 is 12.2 Å². The fraction of sp³-hybridized carbons (Fsp3) is 0.320. The van der Waals surface area contributed by atoms with Gasteiger partial charge in [-0.3, -0.25) is 4.90 Å². The van der Waals surface area contributed by atoms with Crippen LogP contribution in [-0.4, -0.2) is 44.8 Å². The molecule has 2 atom stereocenters. The molecule has 0 unspecified atom stereocenters. The SMILES string of the molecule is CN1C(=S)c2c(nn(Cc3ccc(C(F)(F)F)cc3)c2Nc2ccccc2)N2C1=N[C@H]1CCC[C@H]12. The first-order chi connectivity index (χ1) is 16.8. The second-order valence-corrected chi connectivity index (χ2v) is 9.51. The van der Waals surface area contributed by atoms with Gasteiger partial charge in [0.1, 0.15) is 10.8 Å². The molecule has 1 saturated carbocycles. The number of aromatic nitrogens is 2. The fourth-order valence-corrected chi connectivity index (χ4v) is 5.45. The number of benzene rings is 2. The van der Waals surface area contributed by atoms with Crippen LogP contribution in [0.3, 0.4) is 0 Å². The molecule has 10 heteroatoms. The quantitative estimate of drug-likeness (QED) is 0.490. The van der Waals surface area contributed by atoms with E-state index in [0.29, 0.717) is 22.9 Å². The van der Waals surface area contributed by atoms with Crippen LogP contribution in [-0.2, 0) is 12.7 Å². The maximum Gasteiger partial charge on any atom is 0.416 e. The molecule has 2 aromatic carbocycles. The highest BCUT2D eigenvalue weighted by Gasteiger charge is 2.48. The average molecular weight is 497 g/mol. The highest BCUT2D eigenvalue weighted by molar-refractivity contribution is 7.80. The fourth-order valence-electron chi connectivity index (χ4n) is 5.18. The van der Waals surface area contributed by atoms with Crippen LogP contribution in [0.5, 0.6) is 0 Å². The van der Waals surface area contributed by atoms with Crippen molar-refractivity contribution in [2.75, 3.05) is 17.3 Å². The van der Waals surface area contributed by atoms with Crippen LogP contribution in [0.4, 0.5) is 30.5 Å². The molecular formula is C25H23F3N6S. The van der Waals surface area contributed by atoms with Crippen molar-refractivity contribution in [2.24, 2.45) is 4.99 Å². The summed E-state index contributed by atoms with van der Waals surface area (Å²) in [4.78, 5) is 9.70. The number of fused-ring (bicyclic) bond motifs is 5. The minimum Gasteiger partial charge on any atom is -0.340 e. The summed E-state index contributed by atoms with van der Waals surface area (Å²) in [6, 6.07) is 15.4. The Kier molecular flexibility index (Phi) is 5.10. The molecule has 1 N–H and O–H groups in total. The zero-order chi connectivity index (χ0) is 24.3. The first-order valence-electron chi connectivity index (χ1n) is 11.6. The summed E-state index contributed by atoms with van der Waals surface area (Å²) in [6.07, 6.45) is -1.18. The van der Waals surface area contributed by atoms with E-state index in [1.807, 2.05) is 42.3 Å². The Labute approximate surface area is 206 Å². The number of nitrogens with one attached hydrogen (secondary N) is 1. The van der Waals surface area contributed by atoms with E-state index in [0.717, 1.165) is 54.4 Å². The zero-order valence-corrected chi connectivity index (χ0v) is 19.8. The third kappa shape index (κ3) is 3.67. The predicted octanol–water partition coefficient (Wildman–Crippen LogP) is 5.41. The summed E-state index contributed by atoms with van der Waals surface area (Å²) in [7, 11) is 1.93. The lowest BCUT2D eigenvalue weighted by Crippen LogP contribution is -2.51. The molecular weight excluding hydrogens is 473 g/mol. The Hall–Kier alpha value is -3.40. The van der Waals surface area contributed by atoms with E-state index < -0.39 is 11.7 Å². The topological polar surface area (TPSA) is 48.7 Å². The molecule has 0 bridgehead atoms. The number of para-hydroxylation sites is 1. The van der Waals surface area contributed by atoms with Crippen molar-refractivity contribution in [1.82, 2.24) is 14.7 Å². The van der Waals surface area contributed by atoms with Crippen molar-refractivity contribution in [2.45, 2.75) is 44.1 Å². The molecule has 1 aromatic heterocycles. The number of hydrogen-bond donors (Lipinski definition) is 1. The second kappa shape index (κ2) is 8.08. The molecule has 35 heavy (non-hydrogen) atoms. The summed E-state index contributed by atoms with van der Waals surface area (Å²) < 4.78 is 41.0. The number of hydrogen-bond acceptors (Lipinski definition) is 5. The van der Waals surface area contributed by atoms with Gasteiger partial charge >= 0.3 is 6.18 Å². The molecule has 180 valence electrons. The van der Waals surface area contributed by atoms with Crippen LogP contribution in [0, 0.1) is 0 Å². The molecule has 0 amide bonds. The van der Waals surface area contributed by atoms with Crippen LogP contribution in [0.25, 0.3) is 0 Å². The molecule has 3 aliphatic rings. The first kappa shape index (κ1) is 22.1. The first-order valence-corrected chi connectivity index (χ1v) is 12.0. The van der Waals surface area contributed by atoms with Crippen LogP contribution in [0.2, 0.25) is 0 Å².